The first-order chi connectivity index (χ1) is 51.6. The summed E-state index contributed by atoms with van der Waals surface area (Å²) >= 11 is 0. The van der Waals surface area contributed by atoms with E-state index < -0.39 is 139 Å². The first-order valence-corrected chi connectivity index (χ1v) is 34.9. The van der Waals surface area contributed by atoms with Gasteiger partial charge in [0.15, 0.2) is 0 Å². The molecule has 2 aliphatic heterocycles. The molecule has 0 spiro atoms. The smallest absolute Gasteiger partial charge is 0.336 e. The predicted molar refractivity (Wildman–Crippen MR) is 398 cm³/mol. The fourth-order valence-corrected chi connectivity index (χ4v) is 12.5. The molecule has 10 amide bonds. The molecule has 3 aliphatic rings. The molecule has 1 saturated heterocycles. The van der Waals surface area contributed by atoms with Crippen molar-refractivity contribution in [1.29, 1.82) is 0 Å². The Hall–Kier alpha value is -12.8. The van der Waals surface area contributed by atoms with Crippen LogP contribution in [-0.4, -0.2) is 193 Å². The minimum atomic E-state index is -1.70. The number of primary amides is 1. The van der Waals surface area contributed by atoms with Gasteiger partial charge in [-0.1, -0.05) is 103 Å². The van der Waals surface area contributed by atoms with Crippen LogP contribution in [-0.2, 0) is 73.6 Å². The van der Waals surface area contributed by atoms with Crippen LogP contribution in [0.15, 0.2) is 174 Å². The van der Waals surface area contributed by atoms with Gasteiger partial charge in [0.05, 0.1) is 24.8 Å². The average Bonchev–Trinajstić information content (AvgIpc) is 0.811. The van der Waals surface area contributed by atoms with E-state index >= 15 is 9.59 Å². The summed E-state index contributed by atoms with van der Waals surface area (Å²) in [7, 11) is 7.48. The fourth-order valence-electron chi connectivity index (χ4n) is 12.5. The minimum absolute atomic E-state index is 0.0301. The molecule has 0 bridgehead atoms. The lowest BCUT2D eigenvalue weighted by atomic mass is 9.89. The molecule has 8 atom stereocenters. The summed E-state index contributed by atoms with van der Waals surface area (Å²) in [6.07, 6.45) is -0.983. The summed E-state index contributed by atoms with van der Waals surface area (Å²) in [5, 5.41) is 62.0. The van der Waals surface area contributed by atoms with Crippen LogP contribution in [0.1, 0.15) is 75.6 Å². The molecule has 108 heavy (non-hydrogen) atoms. The van der Waals surface area contributed by atoms with E-state index in [0.717, 1.165) is 11.0 Å². The Labute approximate surface area is 621 Å². The second-order valence-electron chi connectivity index (χ2n) is 26.7. The third-order valence-electron chi connectivity index (χ3n) is 18.4. The van der Waals surface area contributed by atoms with Crippen molar-refractivity contribution < 1.29 is 82.4 Å². The van der Waals surface area contributed by atoms with Crippen molar-refractivity contribution in [3.05, 3.63) is 209 Å². The molecule has 14 N–H and O–H groups in total. The number of benzene rings is 7. The number of carbonyl (C=O) groups excluding carboxylic acids is 10. The van der Waals surface area contributed by atoms with Crippen molar-refractivity contribution in [3.63, 3.8) is 0 Å². The van der Waals surface area contributed by atoms with Gasteiger partial charge in [-0.25, -0.2) is 14.2 Å². The van der Waals surface area contributed by atoms with Gasteiger partial charge in [-0.3, -0.25) is 47.9 Å². The highest BCUT2D eigenvalue weighted by molar-refractivity contribution is 6.10. The normalized spacial score (nSPS) is 14.4. The molecule has 1 aliphatic carbocycles. The van der Waals surface area contributed by atoms with Gasteiger partial charge in [0.2, 0.25) is 58.5 Å². The number of carbonyl (C=O) groups is 12. The number of aliphatic carboxylic acids is 1. The third-order valence-corrected chi connectivity index (χ3v) is 18.4. The second-order valence-corrected chi connectivity index (χ2v) is 26.7. The van der Waals surface area contributed by atoms with Crippen LogP contribution in [0.25, 0.3) is 33.4 Å². The molecule has 564 valence electrons. The number of nitrogens with two attached hydrogens (primary N) is 1. The fraction of sp³-hybridized carbons (Fsp3) is 0.304. The van der Waals surface area contributed by atoms with Crippen molar-refractivity contribution in [1.82, 2.24) is 52.0 Å². The van der Waals surface area contributed by atoms with Gasteiger partial charge in [0, 0.05) is 92.6 Å². The topological polar surface area (TPSA) is 431 Å². The number of phenolic OH excluding ortho intramolecular Hbond substituents is 1. The van der Waals surface area contributed by atoms with Crippen LogP contribution < -0.4 is 63.1 Å². The summed E-state index contributed by atoms with van der Waals surface area (Å²) in [6.45, 7) is -0.394. The number of likely N-dealkylation sites (tertiary alicyclic amines) is 1. The summed E-state index contributed by atoms with van der Waals surface area (Å²) in [4.78, 5) is 169. The van der Waals surface area contributed by atoms with E-state index in [4.69, 9.17) is 10.2 Å². The highest BCUT2D eigenvalue weighted by Crippen LogP contribution is 2.42. The van der Waals surface area contributed by atoms with Crippen LogP contribution in [0.4, 0.5) is 5.69 Å². The van der Waals surface area contributed by atoms with Crippen LogP contribution >= 0.6 is 0 Å². The van der Waals surface area contributed by atoms with Crippen LogP contribution in [0.5, 0.6) is 5.75 Å². The highest BCUT2D eigenvalue weighted by Gasteiger charge is 2.40. The van der Waals surface area contributed by atoms with Crippen molar-refractivity contribution in [2.75, 3.05) is 52.8 Å². The van der Waals surface area contributed by atoms with Crippen molar-refractivity contribution in [3.8, 4) is 28.2 Å². The summed E-state index contributed by atoms with van der Waals surface area (Å²) in [5.41, 5.74) is 9.97. The highest BCUT2D eigenvalue weighted by atomic mass is 16.4. The summed E-state index contributed by atoms with van der Waals surface area (Å²) in [6, 6.07) is 34.9. The molecule has 1 fully saturated rings. The lowest BCUT2D eigenvalue weighted by molar-refractivity contribution is -0.143. The third kappa shape index (κ3) is 21.0. The maximum Gasteiger partial charge on any atom is 0.336 e. The molecule has 29 nitrogen and oxygen atoms in total. The molecular formula is C79H87N12O17+. The minimum Gasteiger partial charge on any atom is -0.508 e. The molecule has 0 aromatic heterocycles. The van der Waals surface area contributed by atoms with E-state index in [1.54, 1.807) is 103 Å². The zero-order valence-corrected chi connectivity index (χ0v) is 60.1. The molecular weight excluding hydrogens is 1390 g/mol. The number of carboxylic acid groups (broad SMARTS) is 2. The Balaban J connectivity index is 0.910. The van der Waals surface area contributed by atoms with Crippen molar-refractivity contribution in [2.24, 2.45) is 5.73 Å². The van der Waals surface area contributed by atoms with Crippen LogP contribution in [0.2, 0.25) is 0 Å². The number of rotatable bonds is 33. The Morgan fingerprint density at radius 1 is 0.583 bits per heavy atom. The number of amides is 10. The predicted octanol–water partition coefficient (Wildman–Crippen LogP) is 2.15. The van der Waals surface area contributed by atoms with Gasteiger partial charge in [-0.15, -0.1) is 0 Å². The second kappa shape index (κ2) is 36.8. The first kappa shape index (κ1) is 79.3. The maximum atomic E-state index is 15.1. The molecule has 6 aromatic rings. The first-order valence-electron chi connectivity index (χ1n) is 34.9. The molecule has 0 radical (unpaired) electrons. The van der Waals surface area contributed by atoms with Gasteiger partial charge in [0.1, 0.15) is 79.5 Å². The maximum absolute atomic E-state index is 15.1. The number of carboxylic acids is 2. The SMILES string of the molecule is C[C@H](NC(=O)[C@H](Cc1ccccc1)NC(=O)[C@H](CCC(N)=O)NC(=O)CNC(=O)[C@@H]1CCCN1C(=O)[C@H](Cc1ccccc1)NC(=O)[C@H](Cc1ccc(O)cc1)NC(=O)c1ccc(C(=O)O)c(-c2c3ccc(=[N+](C)C)cc-3oc3cc(N(C)C)ccc23)c1)C(=O)N[C@@H](Cc1ccccc1)C(=O)N[C@@H](CO)C(=O)O. The molecule has 6 aromatic carbocycles. The monoisotopic (exact) mass is 1480 g/mol. The van der Waals surface area contributed by atoms with E-state index in [9.17, 15) is 68.4 Å². The molecule has 0 saturated carbocycles. The van der Waals surface area contributed by atoms with Gasteiger partial charge in [0.25, 0.3) is 5.91 Å². The number of anilines is 1. The van der Waals surface area contributed by atoms with Crippen LogP contribution in [0.3, 0.4) is 0 Å². The van der Waals surface area contributed by atoms with E-state index in [-0.39, 0.29) is 67.5 Å². The van der Waals surface area contributed by atoms with Gasteiger partial charge >= 0.3 is 11.9 Å². The van der Waals surface area contributed by atoms with E-state index in [2.05, 4.69) is 42.5 Å². The number of hydrogen-bond acceptors (Lipinski definition) is 16. The number of aromatic hydroxyl groups is 1. The van der Waals surface area contributed by atoms with Crippen LogP contribution in [0, 0.1) is 0 Å². The Bertz CT molecular complexity index is 4690. The van der Waals surface area contributed by atoms with Gasteiger partial charge < -0.3 is 82.9 Å². The quantitative estimate of drug-likeness (QED) is 0.0207. The van der Waals surface area contributed by atoms with Crippen molar-refractivity contribution >= 4 is 87.7 Å². The Kier molecular flexibility index (Phi) is 27.0. The number of aromatic carboxylic acids is 1. The lowest BCUT2D eigenvalue weighted by Crippen LogP contribution is -2.59. The standard InChI is InChI=1S/C79H86N12O17/c1-45(70(96)84-60(37-47-18-11-7-12-19-47)75(101)88-63(44-92)79(106)107)82-73(99)59(36-46-16-9-6-10-17-46)86-72(98)58(33-34-67(80)94)83-68(95)43-81-76(102)64-22-15-35-91(64)77(103)62(39-48-20-13-8-14-21-48)87-74(100)61(38-49-23-28-53(93)29-24-49)85-71(97)50-25-30-54(78(104)105)57(40-50)69-55-31-26-51(89(2)3)41-65(55)108-66-42-52(90(4)5)27-32-56(66)69/h6-14,16-21,23-32,40-42,45,58-64,92H,15,22,33-39,43-44H2,1-5H3,(H12-,80,81,82,83,84,85,86,87,88,93,94,95,96,97,98,99,100,101,102,104,105,106,107)/p+1/t45-,58-,59-,60-,61-,62-,63-,64-/m0/s1. The average molecular weight is 1480 g/mol. The Morgan fingerprint density at radius 3 is 1.68 bits per heavy atom. The van der Waals surface area contributed by atoms with Gasteiger partial charge in [-0.05, 0) is 103 Å². The zero-order valence-electron chi connectivity index (χ0n) is 60.1. The van der Waals surface area contributed by atoms with Gasteiger partial charge in [-0.2, -0.15) is 0 Å². The molecule has 9 rings (SSSR count). The molecule has 29 heteroatoms. The van der Waals surface area contributed by atoms with Crippen molar-refractivity contribution in [2.45, 2.75) is 107 Å². The van der Waals surface area contributed by atoms with E-state index in [1.807, 2.05) is 74.1 Å². The summed E-state index contributed by atoms with van der Waals surface area (Å²) < 4.78 is 8.40. The number of nitrogens with zero attached hydrogens (tertiary/aromatic N) is 3. The number of aliphatic hydroxyl groups excluding tert-OH is 1. The Morgan fingerprint density at radius 2 is 1.12 bits per heavy atom. The van der Waals surface area contributed by atoms with E-state index in [1.165, 1.54) is 42.2 Å². The number of phenols is 1. The lowest BCUT2D eigenvalue weighted by Gasteiger charge is -2.30. The molecule has 0 unspecified atom stereocenters. The summed E-state index contributed by atoms with van der Waals surface area (Å²) in [5.74, 6) is -11.1. The number of hydrogen-bond donors (Lipinski definition) is 13. The number of fused-ring (bicyclic) bond motifs is 2. The zero-order chi connectivity index (χ0) is 77.9. The largest absolute Gasteiger partial charge is 0.508 e. The number of aliphatic hydroxyl groups is 1. The number of nitrogens with one attached hydrogen (secondary N) is 8. The van der Waals surface area contributed by atoms with E-state index in [0.29, 0.717) is 56.5 Å². The molecule has 2 heterocycles.